The Bertz CT molecular complexity index is 392. The predicted octanol–water partition coefficient (Wildman–Crippen LogP) is 3.51. The highest BCUT2D eigenvalue weighted by atomic mass is 16.3. The average molecular weight is 245 g/mol. The van der Waals surface area contributed by atoms with Crippen molar-refractivity contribution >= 4 is 5.69 Å². The van der Waals surface area contributed by atoms with Gasteiger partial charge >= 0.3 is 0 Å². The summed E-state index contributed by atoms with van der Waals surface area (Å²) in [6.07, 6.45) is 6.01. The highest BCUT2D eigenvalue weighted by Crippen LogP contribution is 2.37. The SMILES string of the molecule is CCC(O)c1ccc(N(CC2CC2)C2CC2)cc1. The van der Waals surface area contributed by atoms with Crippen molar-refractivity contribution in [2.75, 3.05) is 11.4 Å². The van der Waals surface area contributed by atoms with Gasteiger partial charge in [0.1, 0.15) is 0 Å². The Balaban J connectivity index is 1.72. The van der Waals surface area contributed by atoms with Gasteiger partial charge in [0, 0.05) is 18.3 Å². The zero-order chi connectivity index (χ0) is 12.5. The van der Waals surface area contributed by atoms with E-state index in [2.05, 4.69) is 29.2 Å². The number of rotatable bonds is 6. The molecule has 2 heteroatoms. The Morgan fingerprint density at radius 2 is 1.83 bits per heavy atom. The molecule has 0 spiro atoms. The minimum Gasteiger partial charge on any atom is -0.388 e. The van der Waals surface area contributed by atoms with Crippen LogP contribution >= 0.6 is 0 Å². The van der Waals surface area contributed by atoms with Crippen molar-refractivity contribution in [1.82, 2.24) is 0 Å². The topological polar surface area (TPSA) is 23.5 Å². The summed E-state index contributed by atoms with van der Waals surface area (Å²) in [5, 5.41) is 9.82. The van der Waals surface area contributed by atoms with Crippen LogP contribution in [0, 0.1) is 5.92 Å². The second-order valence-electron chi connectivity index (χ2n) is 5.84. The van der Waals surface area contributed by atoms with Crippen molar-refractivity contribution in [2.45, 2.75) is 51.2 Å². The van der Waals surface area contributed by atoms with E-state index in [9.17, 15) is 5.11 Å². The van der Waals surface area contributed by atoms with E-state index < -0.39 is 0 Å². The van der Waals surface area contributed by atoms with E-state index in [1.807, 2.05) is 6.92 Å². The van der Waals surface area contributed by atoms with Crippen LogP contribution in [0.25, 0.3) is 0 Å². The van der Waals surface area contributed by atoms with Crippen molar-refractivity contribution in [3.05, 3.63) is 29.8 Å². The smallest absolute Gasteiger partial charge is 0.0787 e. The molecule has 0 amide bonds. The Labute approximate surface area is 110 Å². The highest BCUT2D eigenvalue weighted by molar-refractivity contribution is 5.50. The Morgan fingerprint density at radius 3 is 2.33 bits per heavy atom. The monoisotopic (exact) mass is 245 g/mol. The zero-order valence-corrected chi connectivity index (χ0v) is 11.2. The van der Waals surface area contributed by atoms with Gasteiger partial charge in [0.25, 0.3) is 0 Å². The first-order valence-electron chi connectivity index (χ1n) is 7.32. The summed E-state index contributed by atoms with van der Waals surface area (Å²) in [4.78, 5) is 2.58. The number of hydrogen-bond donors (Lipinski definition) is 1. The predicted molar refractivity (Wildman–Crippen MR) is 74.8 cm³/mol. The Kier molecular flexibility index (Phi) is 3.29. The lowest BCUT2D eigenvalue weighted by Crippen LogP contribution is -2.27. The third-order valence-corrected chi connectivity index (χ3v) is 4.14. The van der Waals surface area contributed by atoms with Crippen LogP contribution in [-0.4, -0.2) is 17.7 Å². The molecule has 0 radical (unpaired) electrons. The molecule has 1 atom stereocenters. The van der Waals surface area contributed by atoms with Gasteiger partial charge in [-0.15, -0.1) is 0 Å². The van der Waals surface area contributed by atoms with Gasteiger partial charge < -0.3 is 10.0 Å². The van der Waals surface area contributed by atoms with Gasteiger partial charge in [-0.2, -0.15) is 0 Å². The molecule has 1 unspecified atom stereocenters. The molecular weight excluding hydrogens is 222 g/mol. The Hall–Kier alpha value is -1.02. The van der Waals surface area contributed by atoms with E-state index in [0.29, 0.717) is 0 Å². The molecule has 1 aromatic carbocycles. The fraction of sp³-hybridized carbons (Fsp3) is 0.625. The second kappa shape index (κ2) is 4.93. The van der Waals surface area contributed by atoms with Gasteiger partial charge in [-0.3, -0.25) is 0 Å². The molecule has 0 bridgehead atoms. The van der Waals surface area contributed by atoms with E-state index >= 15 is 0 Å². The second-order valence-corrected chi connectivity index (χ2v) is 5.84. The molecule has 2 aliphatic carbocycles. The first-order chi connectivity index (χ1) is 8.78. The maximum Gasteiger partial charge on any atom is 0.0787 e. The molecule has 18 heavy (non-hydrogen) atoms. The van der Waals surface area contributed by atoms with Crippen LogP contribution in [0.2, 0.25) is 0 Å². The maximum absolute atomic E-state index is 9.82. The molecular formula is C16H23NO. The first-order valence-corrected chi connectivity index (χ1v) is 7.32. The molecule has 0 heterocycles. The average Bonchev–Trinajstić information content (AvgIpc) is 3.28. The minimum absolute atomic E-state index is 0.308. The zero-order valence-electron chi connectivity index (χ0n) is 11.2. The number of hydrogen-bond acceptors (Lipinski definition) is 2. The number of anilines is 1. The summed E-state index contributed by atoms with van der Waals surface area (Å²) < 4.78 is 0. The van der Waals surface area contributed by atoms with Gasteiger partial charge in [0.2, 0.25) is 0 Å². The maximum atomic E-state index is 9.82. The highest BCUT2D eigenvalue weighted by Gasteiger charge is 2.33. The molecule has 98 valence electrons. The number of nitrogens with zero attached hydrogens (tertiary/aromatic N) is 1. The van der Waals surface area contributed by atoms with E-state index in [4.69, 9.17) is 0 Å². The number of aliphatic hydroxyl groups excluding tert-OH is 1. The lowest BCUT2D eigenvalue weighted by molar-refractivity contribution is 0.173. The quantitative estimate of drug-likeness (QED) is 0.829. The summed E-state index contributed by atoms with van der Waals surface area (Å²) in [5.41, 5.74) is 2.39. The van der Waals surface area contributed by atoms with Gasteiger partial charge in [-0.1, -0.05) is 19.1 Å². The van der Waals surface area contributed by atoms with Crippen LogP contribution in [0.15, 0.2) is 24.3 Å². The standard InChI is InChI=1S/C16H23NO/c1-2-16(18)13-5-7-14(8-6-13)17(15-9-10-15)11-12-3-4-12/h5-8,12,15-16,18H,2-4,9-11H2,1H3. The Morgan fingerprint density at radius 1 is 1.17 bits per heavy atom. The lowest BCUT2D eigenvalue weighted by Gasteiger charge is -2.25. The first kappa shape index (κ1) is 12.0. The fourth-order valence-corrected chi connectivity index (χ4v) is 2.55. The summed E-state index contributed by atoms with van der Waals surface area (Å²) in [6.45, 7) is 3.25. The minimum atomic E-state index is -0.308. The molecule has 0 saturated heterocycles. The number of aliphatic hydroxyl groups is 1. The summed E-state index contributed by atoms with van der Waals surface area (Å²) in [7, 11) is 0. The van der Waals surface area contributed by atoms with Gasteiger partial charge in [-0.25, -0.2) is 0 Å². The molecule has 3 rings (SSSR count). The molecule has 2 nitrogen and oxygen atoms in total. The molecule has 2 fully saturated rings. The van der Waals surface area contributed by atoms with Gasteiger partial charge in [0.15, 0.2) is 0 Å². The van der Waals surface area contributed by atoms with E-state index in [0.717, 1.165) is 23.9 Å². The molecule has 0 aromatic heterocycles. The van der Waals surface area contributed by atoms with E-state index in [1.54, 1.807) is 0 Å². The van der Waals surface area contributed by atoms with Crippen LogP contribution < -0.4 is 4.90 Å². The summed E-state index contributed by atoms with van der Waals surface area (Å²) in [5.74, 6) is 0.937. The third-order valence-electron chi connectivity index (χ3n) is 4.14. The van der Waals surface area contributed by atoms with Crippen molar-refractivity contribution in [2.24, 2.45) is 5.92 Å². The summed E-state index contributed by atoms with van der Waals surface area (Å²) >= 11 is 0. The van der Waals surface area contributed by atoms with Crippen molar-refractivity contribution in [3.8, 4) is 0 Å². The largest absolute Gasteiger partial charge is 0.388 e. The van der Waals surface area contributed by atoms with E-state index in [1.165, 1.54) is 37.9 Å². The third kappa shape index (κ3) is 2.69. The van der Waals surface area contributed by atoms with Crippen LogP contribution in [0.3, 0.4) is 0 Å². The number of benzene rings is 1. The van der Waals surface area contributed by atoms with Gasteiger partial charge in [-0.05, 0) is 55.7 Å². The molecule has 2 aliphatic rings. The normalized spacial score (nSPS) is 20.8. The molecule has 0 aliphatic heterocycles. The van der Waals surface area contributed by atoms with Gasteiger partial charge in [0.05, 0.1) is 6.10 Å². The molecule has 1 N–H and O–H groups in total. The fourth-order valence-electron chi connectivity index (χ4n) is 2.55. The molecule has 2 saturated carbocycles. The van der Waals surface area contributed by atoms with Crippen LogP contribution in [0.1, 0.15) is 50.7 Å². The van der Waals surface area contributed by atoms with Crippen LogP contribution in [-0.2, 0) is 0 Å². The van der Waals surface area contributed by atoms with Crippen LogP contribution in [0.4, 0.5) is 5.69 Å². The summed E-state index contributed by atoms with van der Waals surface area (Å²) in [6, 6.07) is 9.34. The lowest BCUT2D eigenvalue weighted by atomic mass is 10.1. The molecule has 1 aromatic rings. The van der Waals surface area contributed by atoms with Crippen molar-refractivity contribution in [3.63, 3.8) is 0 Å². The van der Waals surface area contributed by atoms with E-state index in [-0.39, 0.29) is 6.10 Å². The van der Waals surface area contributed by atoms with Crippen molar-refractivity contribution < 1.29 is 5.11 Å². The van der Waals surface area contributed by atoms with Crippen LogP contribution in [0.5, 0.6) is 0 Å². The van der Waals surface area contributed by atoms with Crippen molar-refractivity contribution in [1.29, 1.82) is 0 Å².